The fourth-order valence-corrected chi connectivity index (χ4v) is 5.99. The van der Waals surface area contributed by atoms with Crippen LogP contribution in [-0.4, -0.2) is 31.1 Å². The summed E-state index contributed by atoms with van der Waals surface area (Å²) in [6.07, 6.45) is 1.18. The number of ether oxygens (including phenoxy) is 1. The Bertz CT molecular complexity index is 1420. The van der Waals surface area contributed by atoms with Crippen molar-refractivity contribution in [3.05, 3.63) is 106 Å². The van der Waals surface area contributed by atoms with Crippen LogP contribution in [0.4, 0.5) is 0 Å². The minimum Gasteiger partial charge on any atom is -0.497 e. The SMILES string of the molecule is COc1ccc(C(CC(=O)c2cccn2S(=O)(=O)c2ccccc2)C(=O)c2cc(C)cs2)cc1. The van der Waals surface area contributed by atoms with Crippen molar-refractivity contribution < 1.29 is 22.7 Å². The molecule has 2 aromatic heterocycles. The van der Waals surface area contributed by atoms with Crippen LogP contribution >= 0.6 is 11.3 Å². The van der Waals surface area contributed by atoms with Crippen molar-refractivity contribution in [2.24, 2.45) is 0 Å². The minimum atomic E-state index is -3.95. The number of benzene rings is 2. The summed E-state index contributed by atoms with van der Waals surface area (Å²) in [6, 6.07) is 19.7. The fourth-order valence-electron chi connectivity index (χ4n) is 3.72. The van der Waals surface area contributed by atoms with Crippen LogP contribution < -0.4 is 4.74 Å². The molecule has 0 saturated heterocycles. The van der Waals surface area contributed by atoms with Gasteiger partial charge >= 0.3 is 0 Å². The first-order chi connectivity index (χ1) is 16.3. The van der Waals surface area contributed by atoms with Gasteiger partial charge in [0.05, 0.1) is 28.5 Å². The maximum Gasteiger partial charge on any atom is 0.268 e. The molecular formula is C26H23NO5S2. The zero-order valence-corrected chi connectivity index (χ0v) is 20.3. The number of aromatic nitrogens is 1. The number of hydrogen-bond acceptors (Lipinski definition) is 6. The summed E-state index contributed by atoms with van der Waals surface area (Å²) < 4.78 is 32.5. The molecule has 0 bridgehead atoms. The molecule has 0 spiro atoms. The number of rotatable bonds is 9. The zero-order chi connectivity index (χ0) is 24.3. The molecule has 0 saturated carbocycles. The molecule has 34 heavy (non-hydrogen) atoms. The predicted molar refractivity (Wildman–Crippen MR) is 132 cm³/mol. The molecule has 1 atom stereocenters. The second kappa shape index (κ2) is 9.79. The molecule has 0 N–H and O–H groups in total. The lowest BCUT2D eigenvalue weighted by molar-refractivity contribution is 0.0893. The van der Waals surface area contributed by atoms with E-state index in [-0.39, 0.29) is 22.8 Å². The van der Waals surface area contributed by atoms with E-state index in [1.807, 2.05) is 12.3 Å². The number of carbonyl (C=O) groups is 2. The van der Waals surface area contributed by atoms with E-state index in [0.717, 1.165) is 9.54 Å². The Kier molecular flexibility index (Phi) is 6.81. The number of ketones is 2. The molecule has 4 aromatic rings. The summed E-state index contributed by atoms with van der Waals surface area (Å²) in [6.45, 7) is 1.90. The number of Topliss-reactive ketones (excluding diaryl/α,β-unsaturated/α-hetero) is 2. The van der Waals surface area contributed by atoms with Crippen molar-refractivity contribution in [2.45, 2.75) is 24.2 Å². The van der Waals surface area contributed by atoms with Crippen LogP contribution in [0.1, 0.15) is 43.6 Å². The first-order valence-electron chi connectivity index (χ1n) is 10.6. The zero-order valence-electron chi connectivity index (χ0n) is 18.7. The van der Waals surface area contributed by atoms with E-state index in [1.54, 1.807) is 55.6 Å². The van der Waals surface area contributed by atoms with E-state index in [9.17, 15) is 18.0 Å². The van der Waals surface area contributed by atoms with Gasteiger partial charge in [0.25, 0.3) is 10.0 Å². The topological polar surface area (TPSA) is 82.4 Å². The predicted octanol–water partition coefficient (Wildman–Crippen LogP) is 5.34. The van der Waals surface area contributed by atoms with Gasteiger partial charge in [0.15, 0.2) is 11.6 Å². The highest BCUT2D eigenvalue weighted by molar-refractivity contribution is 7.90. The van der Waals surface area contributed by atoms with Crippen LogP contribution in [0, 0.1) is 6.92 Å². The van der Waals surface area contributed by atoms with Gasteiger partial charge < -0.3 is 4.74 Å². The van der Waals surface area contributed by atoms with Gasteiger partial charge in [-0.05, 0) is 65.9 Å². The Morgan fingerprint density at radius 1 is 1.00 bits per heavy atom. The third-order valence-electron chi connectivity index (χ3n) is 5.50. The largest absolute Gasteiger partial charge is 0.497 e. The summed E-state index contributed by atoms with van der Waals surface area (Å²) in [4.78, 5) is 27.5. The molecule has 174 valence electrons. The molecule has 0 amide bonds. The van der Waals surface area contributed by atoms with Crippen LogP contribution in [0.15, 0.2) is 89.3 Å². The second-order valence-corrected chi connectivity index (χ2v) is 10.5. The molecule has 0 fully saturated rings. The van der Waals surface area contributed by atoms with E-state index in [0.29, 0.717) is 16.2 Å². The quantitative estimate of drug-likeness (QED) is 0.294. The summed E-state index contributed by atoms with van der Waals surface area (Å²) in [5.74, 6) is -0.747. The lowest BCUT2D eigenvalue weighted by Gasteiger charge is -2.16. The Balaban J connectivity index is 1.69. The van der Waals surface area contributed by atoms with Crippen molar-refractivity contribution in [1.29, 1.82) is 0 Å². The number of nitrogens with zero attached hydrogens (tertiary/aromatic N) is 1. The first kappa shape index (κ1) is 23.7. The fraction of sp³-hybridized carbons (Fsp3) is 0.154. The van der Waals surface area contributed by atoms with Crippen molar-refractivity contribution in [2.75, 3.05) is 7.11 Å². The van der Waals surface area contributed by atoms with Gasteiger partial charge in [0, 0.05) is 12.6 Å². The van der Waals surface area contributed by atoms with Gasteiger partial charge in [-0.3, -0.25) is 9.59 Å². The standard InChI is InChI=1S/C26H23NO5S2/c1-18-15-25(33-17-18)26(29)22(19-10-12-20(32-2)13-11-19)16-24(28)23-9-6-14-27(23)34(30,31)21-7-4-3-5-8-21/h3-15,17,22H,16H2,1-2H3. The Morgan fingerprint density at radius 2 is 1.71 bits per heavy atom. The molecular weight excluding hydrogens is 470 g/mol. The second-order valence-electron chi connectivity index (χ2n) is 7.81. The highest BCUT2D eigenvalue weighted by Gasteiger charge is 2.29. The molecule has 2 aromatic carbocycles. The van der Waals surface area contributed by atoms with E-state index in [1.165, 1.54) is 41.8 Å². The molecule has 2 heterocycles. The van der Waals surface area contributed by atoms with Gasteiger partial charge in [-0.25, -0.2) is 12.4 Å². The van der Waals surface area contributed by atoms with E-state index in [4.69, 9.17) is 4.74 Å². The summed E-state index contributed by atoms with van der Waals surface area (Å²) in [7, 11) is -2.40. The number of thiophene rings is 1. The van der Waals surface area contributed by atoms with Crippen molar-refractivity contribution in [3.63, 3.8) is 0 Å². The van der Waals surface area contributed by atoms with Gasteiger partial charge in [0.1, 0.15) is 5.75 Å². The van der Waals surface area contributed by atoms with Crippen molar-refractivity contribution >= 4 is 32.9 Å². The highest BCUT2D eigenvalue weighted by atomic mass is 32.2. The summed E-state index contributed by atoms with van der Waals surface area (Å²) in [5.41, 5.74) is 1.64. The molecule has 0 radical (unpaired) electrons. The first-order valence-corrected chi connectivity index (χ1v) is 12.9. The third-order valence-corrected chi connectivity index (χ3v) is 8.26. The molecule has 1 unspecified atom stereocenters. The van der Waals surface area contributed by atoms with Crippen LogP contribution in [0.2, 0.25) is 0 Å². The lowest BCUT2D eigenvalue weighted by atomic mass is 9.88. The molecule has 0 aliphatic heterocycles. The van der Waals surface area contributed by atoms with Gasteiger partial charge in [-0.1, -0.05) is 30.3 Å². The van der Waals surface area contributed by atoms with E-state index >= 15 is 0 Å². The minimum absolute atomic E-state index is 0.0116. The number of carbonyl (C=O) groups excluding carboxylic acids is 2. The molecule has 8 heteroatoms. The van der Waals surface area contributed by atoms with Crippen LogP contribution in [0.25, 0.3) is 0 Å². The molecule has 6 nitrogen and oxygen atoms in total. The van der Waals surface area contributed by atoms with E-state index < -0.39 is 21.7 Å². The maximum absolute atomic E-state index is 13.4. The third kappa shape index (κ3) is 4.73. The summed E-state index contributed by atoms with van der Waals surface area (Å²) >= 11 is 1.33. The average molecular weight is 494 g/mol. The normalized spacial score (nSPS) is 12.3. The van der Waals surface area contributed by atoms with Crippen LogP contribution in [0.5, 0.6) is 5.75 Å². The smallest absolute Gasteiger partial charge is 0.268 e. The number of hydrogen-bond donors (Lipinski definition) is 0. The van der Waals surface area contributed by atoms with Gasteiger partial charge in [0.2, 0.25) is 0 Å². The molecule has 0 aliphatic carbocycles. The summed E-state index contributed by atoms with van der Waals surface area (Å²) in [5, 5.41) is 1.89. The average Bonchev–Trinajstić information content (AvgIpc) is 3.52. The van der Waals surface area contributed by atoms with Crippen LogP contribution in [0.3, 0.4) is 0 Å². The van der Waals surface area contributed by atoms with Gasteiger partial charge in [-0.15, -0.1) is 11.3 Å². The Morgan fingerprint density at radius 3 is 2.32 bits per heavy atom. The Labute approximate surface area is 202 Å². The van der Waals surface area contributed by atoms with Crippen molar-refractivity contribution in [3.8, 4) is 5.75 Å². The number of methoxy groups -OCH3 is 1. The van der Waals surface area contributed by atoms with Crippen molar-refractivity contribution in [1.82, 2.24) is 3.97 Å². The van der Waals surface area contributed by atoms with E-state index in [2.05, 4.69) is 0 Å². The number of aryl methyl sites for hydroxylation is 1. The molecule has 0 aliphatic rings. The van der Waals surface area contributed by atoms with Crippen LogP contribution in [-0.2, 0) is 10.0 Å². The maximum atomic E-state index is 13.4. The lowest BCUT2D eigenvalue weighted by Crippen LogP contribution is -2.21. The highest BCUT2D eigenvalue weighted by Crippen LogP contribution is 2.30. The van der Waals surface area contributed by atoms with Gasteiger partial charge in [-0.2, -0.15) is 0 Å². The monoisotopic (exact) mass is 493 g/mol. The molecule has 4 rings (SSSR count). The Hall–Kier alpha value is -3.49.